The monoisotopic (exact) mass is 342 g/mol. The molecule has 1 amide bonds. The molecule has 2 atom stereocenters. The zero-order valence-corrected chi connectivity index (χ0v) is 15.1. The molecule has 1 aromatic rings. The number of hydrogen-bond donors (Lipinski definition) is 3. The van der Waals surface area contributed by atoms with Crippen molar-refractivity contribution < 1.29 is 19.7 Å². The van der Waals surface area contributed by atoms with Crippen LogP contribution in [0.15, 0.2) is 11.0 Å². The van der Waals surface area contributed by atoms with E-state index in [2.05, 4.69) is 10.3 Å². The van der Waals surface area contributed by atoms with E-state index in [-0.39, 0.29) is 13.0 Å². The average Bonchev–Trinajstić information content (AvgIpc) is 2.80. The molecule has 6 nitrogen and oxygen atoms in total. The van der Waals surface area contributed by atoms with Gasteiger partial charge in [0.25, 0.3) is 0 Å². The Balaban J connectivity index is 2.86. The summed E-state index contributed by atoms with van der Waals surface area (Å²) >= 11 is 1.54. The minimum absolute atomic E-state index is 0.196. The molecule has 130 valence electrons. The first kappa shape index (κ1) is 19.6. The predicted octanol–water partition coefficient (Wildman–Crippen LogP) is 2.49. The topological polar surface area (TPSA) is 91.7 Å². The second-order valence-corrected chi connectivity index (χ2v) is 7.51. The molecule has 0 aromatic carbocycles. The van der Waals surface area contributed by atoms with E-state index in [1.54, 1.807) is 32.1 Å². The highest BCUT2D eigenvalue weighted by molar-refractivity contribution is 7.09. The summed E-state index contributed by atoms with van der Waals surface area (Å²) in [4.78, 5) is 16.3. The third kappa shape index (κ3) is 7.58. The van der Waals surface area contributed by atoms with Gasteiger partial charge in [-0.25, -0.2) is 9.78 Å². The molecule has 0 radical (unpaired) electrons. The van der Waals surface area contributed by atoms with Crippen molar-refractivity contribution in [3.05, 3.63) is 21.7 Å². The Hall–Kier alpha value is -1.44. The molecule has 0 aliphatic rings. The molecule has 1 rings (SSSR count). The molecule has 0 aliphatic heterocycles. The van der Waals surface area contributed by atoms with Gasteiger partial charge in [-0.15, -0.1) is 11.3 Å². The lowest BCUT2D eigenvalue weighted by molar-refractivity contribution is 0.0468. The van der Waals surface area contributed by atoms with Gasteiger partial charge in [0.15, 0.2) is 0 Å². The summed E-state index contributed by atoms with van der Waals surface area (Å²) in [6, 6.07) is -0.450. The number of hydrogen-bond acceptors (Lipinski definition) is 6. The number of aryl methyl sites for hydroxylation is 1. The van der Waals surface area contributed by atoms with Gasteiger partial charge in [0.2, 0.25) is 0 Å². The Morgan fingerprint density at radius 2 is 2.17 bits per heavy atom. The van der Waals surface area contributed by atoms with Crippen LogP contribution >= 0.6 is 11.3 Å². The molecule has 0 bridgehead atoms. The van der Waals surface area contributed by atoms with Gasteiger partial charge in [-0.1, -0.05) is 0 Å². The van der Waals surface area contributed by atoms with Crippen molar-refractivity contribution in [3.63, 3.8) is 0 Å². The molecule has 1 unspecified atom stereocenters. The van der Waals surface area contributed by atoms with Crippen LogP contribution in [-0.4, -0.2) is 45.6 Å². The van der Waals surface area contributed by atoms with Crippen LogP contribution in [0.1, 0.15) is 44.8 Å². The average molecular weight is 342 g/mol. The van der Waals surface area contributed by atoms with Crippen molar-refractivity contribution in [1.82, 2.24) is 10.3 Å². The number of thiazole rings is 1. The van der Waals surface area contributed by atoms with Gasteiger partial charge >= 0.3 is 6.09 Å². The molecule has 1 heterocycles. The van der Waals surface area contributed by atoms with Crippen molar-refractivity contribution in [2.45, 2.75) is 58.8 Å². The minimum atomic E-state index is -0.921. The summed E-state index contributed by atoms with van der Waals surface area (Å²) < 4.78 is 5.25. The van der Waals surface area contributed by atoms with Gasteiger partial charge in [0, 0.05) is 5.38 Å². The Kier molecular flexibility index (Phi) is 7.18. The third-order valence-electron chi connectivity index (χ3n) is 2.97. The zero-order chi connectivity index (χ0) is 17.6. The van der Waals surface area contributed by atoms with E-state index >= 15 is 0 Å². The number of nitrogens with zero attached hydrogens (tertiary/aromatic N) is 1. The van der Waals surface area contributed by atoms with E-state index in [1.807, 2.05) is 25.3 Å². The highest BCUT2D eigenvalue weighted by Crippen LogP contribution is 2.17. The lowest BCUT2D eigenvalue weighted by Crippen LogP contribution is -2.41. The summed E-state index contributed by atoms with van der Waals surface area (Å²) in [6.07, 6.45) is 0.571. The van der Waals surface area contributed by atoms with Crippen molar-refractivity contribution in [2.24, 2.45) is 0 Å². The van der Waals surface area contributed by atoms with E-state index in [1.165, 1.54) is 0 Å². The van der Waals surface area contributed by atoms with Gasteiger partial charge in [-0.3, -0.25) is 0 Å². The lowest BCUT2D eigenvalue weighted by Gasteiger charge is -2.25. The summed E-state index contributed by atoms with van der Waals surface area (Å²) in [5, 5.41) is 24.4. The fourth-order valence-electron chi connectivity index (χ4n) is 1.94. The standard InChI is InChI=1S/C16H26N2O4S/c1-10(6-12-9-23-11(2)17-12)14(7-13(20)8-19)18-15(21)22-16(3,4)5/h6,9,13-14,19-20H,7-8H2,1-5H3,(H,18,21)/b10-6+/t13?,14-/m0/s1. The summed E-state index contributed by atoms with van der Waals surface area (Å²) in [5.41, 5.74) is 1.03. The van der Waals surface area contributed by atoms with Gasteiger partial charge < -0.3 is 20.3 Å². The number of alkyl carbamates (subject to hydrolysis) is 1. The number of rotatable bonds is 6. The van der Waals surface area contributed by atoms with Crippen molar-refractivity contribution in [1.29, 1.82) is 0 Å². The van der Waals surface area contributed by atoms with Crippen LogP contribution in [0.2, 0.25) is 0 Å². The number of carbonyl (C=O) groups is 1. The van der Waals surface area contributed by atoms with Crippen LogP contribution in [0.3, 0.4) is 0 Å². The van der Waals surface area contributed by atoms with Gasteiger partial charge in [-0.05, 0) is 52.7 Å². The molecule has 0 fully saturated rings. The minimum Gasteiger partial charge on any atom is -0.444 e. The highest BCUT2D eigenvalue weighted by Gasteiger charge is 2.22. The fourth-order valence-corrected chi connectivity index (χ4v) is 2.51. The van der Waals surface area contributed by atoms with Crippen LogP contribution in [0, 0.1) is 6.92 Å². The van der Waals surface area contributed by atoms with Crippen molar-refractivity contribution in [3.8, 4) is 0 Å². The van der Waals surface area contributed by atoms with Gasteiger partial charge in [0.05, 0.1) is 29.5 Å². The molecule has 0 saturated heterocycles. The Bertz CT molecular complexity index is 549. The number of nitrogens with one attached hydrogen (secondary N) is 1. The molecule has 0 spiro atoms. The number of carbonyl (C=O) groups excluding carboxylic acids is 1. The molecule has 1 aromatic heterocycles. The Morgan fingerprint density at radius 1 is 1.52 bits per heavy atom. The summed E-state index contributed by atoms with van der Waals surface area (Å²) in [6.45, 7) is 8.75. The summed E-state index contributed by atoms with van der Waals surface area (Å²) in [5.74, 6) is 0. The Labute approximate surface area is 141 Å². The maximum atomic E-state index is 12.0. The zero-order valence-electron chi connectivity index (χ0n) is 14.3. The fraction of sp³-hybridized carbons (Fsp3) is 0.625. The second-order valence-electron chi connectivity index (χ2n) is 6.45. The maximum Gasteiger partial charge on any atom is 0.408 e. The highest BCUT2D eigenvalue weighted by atomic mass is 32.1. The quantitative estimate of drug-likeness (QED) is 0.739. The molecule has 7 heteroatoms. The Morgan fingerprint density at radius 3 is 2.65 bits per heavy atom. The summed E-state index contributed by atoms with van der Waals surface area (Å²) in [7, 11) is 0. The van der Waals surface area contributed by atoms with Crippen LogP contribution in [-0.2, 0) is 4.74 Å². The van der Waals surface area contributed by atoms with Crippen LogP contribution in [0.5, 0.6) is 0 Å². The van der Waals surface area contributed by atoms with E-state index in [9.17, 15) is 9.90 Å². The van der Waals surface area contributed by atoms with Crippen molar-refractivity contribution >= 4 is 23.5 Å². The van der Waals surface area contributed by atoms with Crippen LogP contribution in [0.25, 0.3) is 6.08 Å². The van der Waals surface area contributed by atoms with Crippen molar-refractivity contribution in [2.75, 3.05) is 6.61 Å². The molecular weight excluding hydrogens is 316 g/mol. The largest absolute Gasteiger partial charge is 0.444 e. The third-order valence-corrected chi connectivity index (χ3v) is 3.76. The number of aliphatic hydroxyl groups excluding tert-OH is 2. The molecule has 3 N–H and O–H groups in total. The maximum absolute atomic E-state index is 12.0. The van der Waals surface area contributed by atoms with Gasteiger partial charge in [-0.2, -0.15) is 0 Å². The smallest absolute Gasteiger partial charge is 0.408 e. The van der Waals surface area contributed by atoms with E-state index < -0.39 is 23.8 Å². The number of ether oxygens (including phenoxy) is 1. The lowest BCUT2D eigenvalue weighted by atomic mass is 10.0. The second kappa shape index (κ2) is 8.42. The first-order chi connectivity index (χ1) is 10.6. The van der Waals surface area contributed by atoms with Crippen LogP contribution in [0.4, 0.5) is 4.79 Å². The SMILES string of the molecule is C/C(=C\c1csc(C)n1)[C@H](CC(O)CO)NC(=O)OC(C)(C)C. The van der Waals surface area contributed by atoms with Gasteiger partial charge in [0.1, 0.15) is 5.60 Å². The predicted molar refractivity (Wildman–Crippen MR) is 91.4 cm³/mol. The van der Waals surface area contributed by atoms with Crippen LogP contribution < -0.4 is 5.32 Å². The molecular formula is C16H26N2O4S. The van der Waals surface area contributed by atoms with E-state index in [0.717, 1.165) is 16.3 Å². The van der Waals surface area contributed by atoms with E-state index in [0.29, 0.717) is 0 Å². The normalized spacial score (nSPS) is 15.2. The van der Waals surface area contributed by atoms with E-state index in [4.69, 9.17) is 9.84 Å². The first-order valence-electron chi connectivity index (χ1n) is 7.49. The first-order valence-corrected chi connectivity index (χ1v) is 8.37. The number of aliphatic hydroxyl groups is 2. The molecule has 0 saturated carbocycles. The number of amides is 1. The number of aromatic nitrogens is 1. The molecule has 0 aliphatic carbocycles. The molecule has 23 heavy (non-hydrogen) atoms.